The Balaban J connectivity index is 1.98. The molecule has 1 heterocycles. The molecule has 0 fully saturated rings. The maximum absolute atomic E-state index is 13.0. The molecule has 2 aromatic carbocycles. The lowest BCUT2D eigenvalue weighted by atomic mass is 9.92. The number of benzene rings is 2. The third-order valence-corrected chi connectivity index (χ3v) is 4.50. The fourth-order valence-corrected chi connectivity index (χ4v) is 2.97. The van der Waals surface area contributed by atoms with Crippen molar-refractivity contribution in [1.29, 1.82) is 0 Å². The van der Waals surface area contributed by atoms with E-state index in [1.54, 1.807) is 13.1 Å². The molecule has 0 aliphatic rings. The third-order valence-electron chi connectivity index (χ3n) is 4.50. The number of alkyl halides is 3. The van der Waals surface area contributed by atoms with Crippen molar-refractivity contribution in [3.8, 4) is 11.3 Å². The minimum atomic E-state index is -4.47. The lowest BCUT2D eigenvalue weighted by Crippen LogP contribution is -2.42. The molecule has 8 heteroatoms. The fraction of sp³-hybridized carbons (Fsp3) is 0.250. The van der Waals surface area contributed by atoms with E-state index in [1.807, 2.05) is 30.3 Å². The Morgan fingerprint density at radius 1 is 1.11 bits per heavy atom. The molecule has 0 bridgehead atoms. The molecular formula is C20H18F3N3O2. The zero-order valence-corrected chi connectivity index (χ0v) is 15.3. The van der Waals surface area contributed by atoms with Crippen LogP contribution in [0.2, 0.25) is 0 Å². The molecule has 3 aromatic rings. The molecule has 5 nitrogen and oxygen atoms in total. The monoisotopic (exact) mass is 389 g/mol. The van der Waals surface area contributed by atoms with E-state index < -0.39 is 23.2 Å². The van der Waals surface area contributed by atoms with Crippen LogP contribution in [0.3, 0.4) is 0 Å². The summed E-state index contributed by atoms with van der Waals surface area (Å²) in [5, 5.41) is 8.14. The Bertz CT molecular complexity index is 970. The van der Waals surface area contributed by atoms with E-state index in [0.717, 1.165) is 17.7 Å². The van der Waals surface area contributed by atoms with E-state index in [-0.39, 0.29) is 6.42 Å². The Morgan fingerprint density at radius 2 is 1.82 bits per heavy atom. The molecule has 1 aromatic heterocycles. The Hall–Kier alpha value is -3.16. The van der Waals surface area contributed by atoms with Crippen molar-refractivity contribution in [1.82, 2.24) is 15.0 Å². The highest BCUT2D eigenvalue weighted by Gasteiger charge is 2.39. The first-order valence-corrected chi connectivity index (χ1v) is 8.47. The van der Waals surface area contributed by atoms with Crippen molar-refractivity contribution in [2.45, 2.75) is 25.1 Å². The van der Waals surface area contributed by atoms with Crippen LogP contribution in [0.15, 0.2) is 60.8 Å². The number of nitrogens with zero attached hydrogens (tertiary/aromatic N) is 3. The van der Waals surface area contributed by atoms with Gasteiger partial charge in [0, 0.05) is 12.0 Å². The van der Waals surface area contributed by atoms with Gasteiger partial charge in [0.05, 0.1) is 18.9 Å². The highest BCUT2D eigenvalue weighted by atomic mass is 19.4. The molecule has 146 valence electrons. The summed E-state index contributed by atoms with van der Waals surface area (Å²) in [5.41, 5.74) is -0.459. The zero-order chi connectivity index (χ0) is 20.4. The van der Waals surface area contributed by atoms with Crippen LogP contribution < -0.4 is 0 Å². The molecular weight excluding hydrogens is 371 g/mol. The van der Waals surface area contributed by atoms with Crippen molar-refractivity contribution >= 4 is 5.97 Å². The fourth-order valence-electron chi connectivity index (χ4n) is 2.97. The van der Waals surface area contributed by atoms with Crippen LogP contribution in [-0.2, 0) is 27.7 Å². The summed E-state index contributed by atoms with van der Waals surface area (Å²) in [6.07, 6.45) is -2.92. The van der Waals surface area contributed by atoms with Crippen molar-refractivity contribution in [3.63, 3.8) is 0 Å². The second-order valence-electron chi connectivity index (χ2n) is 6.55. The molecule has 0 saturated carbocycles. The van der Waals surface area contributed by atoms with Crippen LogP contribution in [0.5, 0.6) is 0 Å². The first-order chi connectivity index (χ1) is 13.2. The molecule has 0 N–H and O–H groups in total. The molecule has 3 rings (SSSR count). The predicted octanol–water partition coefficient (Wildman–Crippen LogP) is 4.09. The van der Waals surface area contributed by atoms with E-state index in [1.165, 1.54) is 23.9 Å². The second kappa shape index (κ2) is 7.46. The average molecular weight is 389 g/mol. The normalized spacial score (nSPS) is 13.8. The lowest BCUT2D eigenvalue weighted by molar-refractivity contribution is -0.151. The highest BCUT2D eigenvalue weighted by Crippen LogP contribution is 2.31. The van der Waals surface area contributed by atoms with Gasteiger partial charge in [0.25, 0.3) is 0 Å². The van der Waals surface area contributed by atoms with E-state index >= 15 is 0 Å². The van der Waals surface area contributed by atoms with Crippen molar-refractivity contribution in [2.75, 3.05) is 7.11 Å². The van der Waals surface area contributed by atoms with E-state index in [0.29, 0.717) is 11.3 Å². The van der Waals surface area contributed by atoms with Gasteiger partial charge in [-0.15, -0.1) is 5.10 Å². The van der Waals surface area contributed by atoms with Crippen molar-refractivity contribution in [3.05, 3.63) is 71.9 Å². The van der Waals surface area contributed by atoms with Gasteiger partial charge in [-0.3, -0.25) is 0 Å². The number of hydrogen-bond acceptors (Lipinski definition) is 4. The second-order valence-corrected chi connectivity index (χ2v) is 6.55. The van der Waals surface area contributed by atoms with Crippen molar-refractivity contribution in [2.24, 2.45) is 0 Å². The average Bonchev–Trinajstić information content (AvgIpc) is 3.18. The third kappa shape index (κ3) is 3.90. The zero-order valence-electron chi connectivity index (χ0n) is 15.3. The Labute approximate surface area is 159 Å². The maximum atomic E-state index is 13.0. The minimum absolute atomic E-state index is 0.0405. The summed E-state index contributed by atoms with van der Waals surface area (Å²) >= 11 is 0. The number of aromatic nitrogens is 3. The minimum Gasteiger partial charge on any atom is -0.467 e. The number of carbonyl (C=O) groups is 1. The largest absolute Gasteiger partial charge is 0.467 e. The highest BCUT2D eigenvalue weighted by molar-refractivity contribution is 5.78. The van der Waals surface area contributed by atoms with Gasteiger partial charge in [0.1, 0.15) is 5.69 Å². The quantitative estimate of drug-likeness (QED) is 0.617. The van der Waals surface area contributed by atoms with Crippen LogP contribution in [0.1, 0.15) is 18.1 Å². The van der Waals surface area contributed by atoms with Gasteiger partial charge in [0.15, 0.2) is 5.54 Å². The summed E-state index contributed by atoms with van der Waals surface area (Å²) in [6, 6.07) is 14.1. The van der Waals surface area contributed by atoms with Gasteiger partial charge >= 0.3 is 12.1 Å². The van der Waals surface area contributed by atoms with E-state index in [4.69, 9.17) is 4.74 Å². The molecule has 0 amide bonds. The first-order valence-electron chi connectivity index (χ1n) is 8.47. The summed E-state index contributed by atoms with van der Waals surface area (Å²) in [5.74, 6) is -0.630. The molecule has 0 aliphatic heterocycles. The van der Waals surface area contributed by atoms with Gasteiger partial charge in [-0.25, -0.2) is 9.48 Å². The number of esters is 1. The van der Waals surface area contributed by atoms with Crippen LogP contribution in [0, 0.1) is 0 Å². The number of methoxy groups -OCH3 is 1. The van der Waals surface area contributed by atoms with Gasteiger partial charge < -0.3 is 4.74 Å². The first kappa shape index (κ1) is 19.6. The summed E-state index contributed by atoms with van der Waals surface area (Å²) < 4.78 is 45.3. The lowest BCUT2D eigenvalue weighted by Gasteiger charge is -2.27. The maximum Gasteiger partial charge on any atom is 0.416 e. The molecule has 1 atom stereocenters. The smallest absolute Gasteiger partial charge is 0.416 e. The topological polar surface area (TPSA) is 57.0 Å². The Kier molecular flexibility index (Phi) is 5.22. The number of rotatable bonds is 5. The summed E-state index contributed by atoms with van der Waals surface area (Å²) in [4.78, 5) is 12.5. The molecule has 0 spiro atoms. The van der Waals surface area contributed by atoms with Crippen LogP contribution in [0.25, 0.3) is 11.3 Å². The SMILES string of the molecule is COC(=O)C(C)(Cc1cccc(C(F)(F)F)c1)n1cc(-c2ccccc2)nn1. The van der Waals surface area contributed by atoms with Gasteiger partial charge in [-0.2, -0.15) is 13.2 Å². The predicted molar refractivity (Wildman–Crippen MR) is 96.3 cm³/mol. The Morgan fingerprint density at radius 3 is 2.46 bits per heavy atom. The summed E-state index contributed by atoms with van der Waals surface area (Å²) in [7, 11) is 1.22. The van der Waals surface area contributed by atoms with E-state index in [9.17, 15) is 18.0 Å². The van der Waals surface area contributed by atoms with Gasteiger partial charge in [-0.1, -0.05) is 53.7 Å². The standard InChI is InChI=1S/C20H18F3N3O2/c1-19(18(27)28-2,12-14-7-6-10-16(11-14)20(21,22)23)26-13-17(24-25-26)15-8-4-3-5-9-15/h3-11,13H,12H2,1-2H3. The molecule has 0 aliphatic carbocycles. The number of carbonyl (C=O) groups excluding carboxylic acids is 1. The molecule has 0 radical (unpaired) electrons. The van der Waals surface area contributed by atoms with Gasteiger partial charge in [0.2, 0.25) is 0 Å². The molecule has 1 unspecified atom stereocenters. The van der Waals surface area contributed by atoms with E-state index in [2.05, 4.69) is 10.3 Å². The van der Waals surface area contributed by atoms with Gasteiger partial charge in [-0.05, 0) is 18.6 Å². The van der Waals surface area contributed by atoms with Crippen LogP contribution >= 0.6 is 0 Å². The molecule has 28 heavy (non-hydrogen) atoms. The number of ether oxygens (including phenoxy) is 1. The number of hydrogen-bond donors (Lipinski definition) is 0. The van der Waals surface area contributed by atoms with Crippen molar-refractivity contribution < 1.29 is 22.7 Å². The molecule has 0 saturated heterocycles. The number of halogens is 3. The summed E-state index contributed by atoms with van der Waals surface area (Å²) in [6.45, 7) is 1.56. The van der Waals surface area contributed by atoms with Crippen LogP contribution in [0.4, 0.5) is 13.2 Å². The van der Waals surface area contributed by atoms with Crippen LogP contribution in [-0.4, -0.2) is 28.1 Å².